The number of fused-ring (bicyclic) bond motifs is 1. The summed E-state index contributed by atoms with van der Waals surface area (Å²) >= 11 is 0. The van der Waals surface area contributed by atoms with Crippen LogP contribution in [-0.2, 0) is 32.0 Å². The predicted molar refractivity (Wildman–Crippen MR) is 130 cm³/mol. The SMILES string of the molecule is COC[C@H]1CC[C@@H](N[C@H]2CCCO[C@@H]2Cc2ccc3c(c2F)CN(C2CCC(=O)NC2=O)C3=O)CC1. The first kappa shape index (κ1) is 25.3. The Bertz CT molecular complexity index is 1010. The van der Waals surface area contributed by atoms with E-state index in [4.69, 9.17) is 9.47 Å². The lowest BCUT2D eigenvalue weighted by Gasteiger charge is -2.37. The fraction of sp³-hybridized carbons (Fsp3) is 0.667. The number of methoxy groups -OCH3 is 1. The van der Waals surface area contributed by atoms with Crippen LogP contribution in [0.3, 0.4) is 0 Å². The molecule has 0 spiro atoms. The number of amides is 3. The maximum Gasteiger partial charge on any atom is 0.255 e. The molecular formula is C27H36FN3O5. The molecule has 3 fully saturated rings. The molecule has 3 atom stereocenters. The highest BCUT2D eigenvalue weighted by Gasteiger charge is 2.41. The van der Waals surface area contributed by atoms with Crippen molar-refractivity contribution in [1.29, 1.82) is 0 Å². The van der Waals surface area contributed by atoms with Crippen LogP contribution in [0.2, 0.25) is 0 Å². The molecule has 36 heavy (non-hydrogen) atoms. The van der Waals surface area contributed by atoms with Crippen LogP contribution in [0, 0.1) is 11.7 Å². The highest BCUT2D eigenvalue weighted by molar-refractivity contribution is 6.05. The summed E-state index contributed by atoms with van der Waals surface area (Å²) in [6, 6.07) is 3.21. The molecule has 0 radical (unpaired) electrons. The molecule has 0 aromatic heterocycles. The van der Waals surface area contributed by atoms with Crippen molar-refractivity contribution in [2.75, 3.05) is 20.3 Å². The molecule has 196 valence electrons. The Kier molecular flexibility index (Phi) is 7.69. The Hall–Kier alpha value is -2.36. The van der Waals surface area contributed by atoms with E-state index in [0.717, 1.165) is 45.1 Å². The van der Waals surface area contributed by atoms with Gasteiger partial charge in [-0.1, -0.05) is 6.07 Å². The van der Waals surface area contributed by atoms with Gasteiger partial charge in [0.05, 0.1) is 12.6 Å². The van der Waals surface area contributed by atoms with E-state index in [1.54, 1.807) is 19.2 Å². The quantitative estimate of drug-likeness (QED) is 0.558. The number of carbonyl (C=O) groups excluding carboxylic acids is 3. The summed E-state index contributed by atoms with van der Waals surface area (Å²) in [5, 5.41) is 6.09. The molecule has 0 bridgehead atoms. The number of nitrogens with one attached hydrogen (secondary N) is 2. The highest BCUT2D eigenvalue weighted by atomic mass is 19.1. The molecule has 5 rings (SSSR count). The monoisotopic (exact) mass is 501 g/mol. The summed E-state index contributed by atoms with van der Waals surface area (Å²) in [7, 11) is 1.76. The van der Waals surface area contributed by atoms with Crippen LogP contribution in [0.4, 0.5) is 4.39 Å². The third-order valence-corrected chi connectivity index (χ3v) is 8.29. The van der Waals surface area contributed by atoms with Crippen LogP contribution in [0.1, 0.15) is 72.9 Å². The van der Waals surface area contributed by atoms with Gasteiger partial charge in [0.15, 0.2) is 0 Å². The number of benzene rings is 1. The Labute approximate surface area is 211 Å². The van der Waals surface area contributed by atoms with E-state index in [9.17, 15) is 14.4 Å². The Morgan fingerprint density at radius 2 is 1.94 bits per heavy atom. The maximum absolute atomic E-state index is 15.7. The minimum absolute atomic E-state index is 0.0397. The Balaban J connectivity index is 1.25. The second-order valence-corrected chi connectivity index (χ2v) is 10.7. The summed E-state index contributed by atoms with van der Waals surface area (Å²) in [5.41, 5.74) is 1.17. The zero-order valence-corrected chi connectivity index (χ0v) is 20.9. The van der Waals surface area contributed by atoms with E-state index < -0.39 is 11.9 Å². The zero-order valence-electron chi connectivity index (χ0n) is 20.9. The van der Waals surface area contributed by atoms with Crippen LogP contribution in [0.15, 0.2) is 12.1 Å². The molecule has 3 aliphatic heterocycles. The molecule has 9 heteroatoms. The predicted octanol–water partition coefficient (Wildman–Crippen LogP) is 2.47. The molecule has 1 aromatic rings. The van der Waals surface area contributed by atoms with Crippen LogP contribution >= 0.6 is 0 Å². The molecular weight excluding hydrogens is 465 g/mol. The number of piperidine rings is 1. The average molecular weight is 502 g/mol. The van der Waals surface area contributed by atoms with E-state index in [0.29, 0.717) is 41.7 Å². The summed E-state index contributed by atoms with van der Waals surface area (Å²) in [4.78, 5) is 38.2. The summed E-state index contributed by atoms with van der Waals surface area (Å²) < 4.78 is 27.1. The molecule has 2 N–H and O–H groups in total. The van der Waals surface area contributed by atoms with E-state index in [1.807, 2.05) is 0 Å². The largest absolute Gasteiger partial charge is 0.384 e. The number of carbonyl (C=O) groups is 3. The minimum Gasteiger partial charge on any atom is -0.384 e. The Morgan fingerprint density at radius 1 is 1.14 bits per heavy atom. The van der Waals surface area contributed by atoms with Crippen LogP contribution in [-0.4, -0.2) is 67.2 Å². The lowest BCUT2D eigenvalue weighted by atomic mass is 9.85. The number of hydrogen-bond acceptors (Lipinski definition) is 6. The molecule has 1 aliphatic carbocycles. The van der Waals surface area contributed by atoms with Gasteiger partial charge in [0.25, 0.3) is 5.91 Å². The van der Waals surface area contributed by atoms with E-state index in [-0.39, 0.29) is 49.2 Å². The van der Waals surface area contributed by atoms with Crippen molar-refractivity contribution in [3.63, 3.8) is 0 Å². The zero-order chi connectivity index (χ0) is 25.2. The molecule has 1 unspecified atom stereocenters. The third kappa shape index (κ3) is 5.19. The van der Waals surface area contributed by atoms with Crippen molar-refractivity contribution in [3.05, 3.63) is 34.6 Å². The van der Waals surface area contributed by atoms with Gasteiger partial charge < -0.3 is 19.7 Å². The van der Waals surface area contributed by atoms with Crippen molar-refractivity contribution in [1.82, 2.24) is 15.5 Å². The van der Waals surface area contributed by atoms with E-state index in [2.05, 4.69) is 10.6 Å². The highest BCUT2D eigenvalue weighted by Crippen LogP contribution is 2.32. The van der Waals surface area contributed by atoms with Crippen LogP contribution in [0.25, 0.3) is 0 Å². The molecule has 8 nitrogen and oxygen atoms in total. The first-order valence-corrected chi connectivity index (χ1v) is 13.3. The van der Waals surface area contributed by atoms with Gasteiger partial charge in [-0.15, -0.1) is 0 Å². The lowest BCUT2D eigenvalue weighted by molar-refractivity contribution is -0.136. The smallest absolute Gasteiger partial charge is 0.255 e. The van der Waals surface area contributed by atoms with Crippen molar-refractivity contribution in [3.8, 4) is 0 Å². The number of ether oxygens (including phenoxy) is 2. The van der Waals surface area contributed by atoms with Crippen LogP contribution < -0.4 is 10.6 Å². The van der Waals surface area contributed by atoms with Gasteiger partial charge in [0.1, 0.15) is 11.9 Å². The molecule has 4 aliphatic rings. The molecule has 3 amide bonds. The minimum atomic E-state index is -0.750. The molecule has 1 aromatic carbocycles. The van der Waals surface area contributed by atoms with Crippen LogP contribution in [0.5, 0.6) is 0 Å². The summed E-state index contributed by atoms with van der Waals surface area (Å²) in [6.07, 6.45) is 7.25. The average Bonchev–Trinajstić information content (AvgIpc) is 3.20. The molecule has 1 saturated carbocycles. The van der Waals surface area contributed by atoms with Gasteiger partial charge in [0.2, 0.25) is 11.8 Å². The number of halogens is 1. The summed E-state index contributed by atoms with van der Waals surface area (Å²) in [6.45, 7) is 1.53. The van der Waals surface area contributed by atoms with Gasteiger partial charge in [-0.3, -0.25) is 19.7 Å². The topological polar surface area (TPSA) is 97.0 Å². The third-order valence-electron chi connectivity index (χ3n) is 8.29. The van der Waals surface area contributed by atoms with Gasteiger partial charge in [-0.25, -0.2) is 4.39 Å². The number of nitrogens with zero attached hydrogens (tertiary/aromatic N) is 1. The van der Waals surface area contributed by atoms with Gasteiger partial charge in [-0.05, 0) is 62.5 Å². The normalized spacial score (nSPS) is 30.9. The van der Waals surface area contributed by atoms with Crippen molar-refractivity contribution in [2.45, 2.75) is 88.6 Å². The lowest BCUT2D eigenvalue weighted by Crippen LogP contribution is -2.52. The van der Waals surface area contributed by atoms with Gasteiger partial charge in [0, 0.05) is 56.4 Å². The van der Waals surface area contributed by atoms with E-state index >= 15 is 4.39 Å². The number of imide groups is 1. The first-order valence-electron chi connectivity index (χ1n) is 13.3. The second-order valence-electron chi connectivity index (χ2n) is 10.7. The molecule has 3 heterocycles. The fourth-order valence-electron chi connectivity index (χ4n) is 6.29. The Morgan fingerprint density at radius 3 is 2.69 bits per heavy atom. The maximum atomic E-state index is 15.7. The van der Waals surface area contributed by atoms with Gasteiger partial charge >= 0.3 is 0 Å². The second kappa shape index (κ2) is 10.9. The van der Waals surface area contributed by atoms with Crippen molar-refractivity contribution >= 4 is 17.7 Å². The van der Waals surface area contributed by atoms with E-state index in [1.165, 1.54) is 4.90 Å². The standard InChI is InChI=1S/C27H36FN3O5/c1-35-15-16-4-7-18(8-5-16)29-21-3-2-12-36-23(21)13-17-6-9-19-20(25(17)28)14-31(27(19)34)22-10-11-24(32)30-26(22)33/h6,9,16,18,21-23,29H,2-5,7-8,10-15H2,1H3,(H,30,32,33)/t16-,18+,21-,22?,23+/m0/s1. The van der Waals surface area contributed by atoms with Crippen molar-refractivity contribution < 1.29 is 28.2 Å². The number of rotatable bonds is 7. The first-order chi connectivity index (χ1) is 17.4. The van der Waals surface area contributed by atoms with Crippen molar-refractivity contribution in [2.24, 2.45) is 5.92 Å². The molecule has 2 saturated heterocycles. The van der Waals surface area contributed by atoms with Gasteiger partial charge in [-0.2, -0.15) is 0 Å². The number of hydrogen-bond donors (Lipinski definition) is 2. The summed E-state index contributed by atoms with van der Waals surface area (Å²) in [5.74, 6) is -0.943. The fourth-order valence-corrected chi connectivity index (χ4v) is 6.29.